The van der Waals surface area contributed by atoms with Crippen molar-refractivity contribution in [2.45, 2.75) is 40.2 Å². The molecule has 6 nitrogen and oxygen atoms in total. The van der Waals surface area contributed by atoms with Crippen molar-refractivity contribution in [1.29, 1.82) is 5.26 Å². The fourth-order valence-electron chi connectivity index (χ4n) is 2.51. The highest BCUT2D eigenvalue weighted by molar-refractivity contribution is 5.56. The van der Waals surface area contributed by atoms with Gasteiger partial charge in [0.15, 0.2) is 5.82 Å². The van der Waals surface area contributed by atoms with Crippen molar-refractivity contribution in [3.63, 3.8) is 0 Å². The number of aromatic nitrogens is 4. The van der Waals surface area contributed by atoms with E-state index in [1.165, 1.54) is 0 Å². The molecule has 2 aromatic heterocycles. The smallest absolute Gasteiger partial charge is 0.166 e. The Hall–Kier alpha value is -2.42. The van der Waals surface area contributed by atoms with E-state index in [9.17, 15) is 5.26 Å². The number of hydrogen-bond acceptors (Lipinski definition) is 5. The molecule has 1 unspecified atom stereocenters. The summed E-state index contributed by atoms with van der Waals surface area (Å²) in [5, 5.41) is 21.2. The average Bonchev–Trinajstić information content (AvgIpc) is 3.04. The van der Waals surface area contributed by atoms with Gasteiger partial charge in [-0.15, -0.1) is 5.10 Å². The Morgan fingerprint density at radius 3 is 2.73 bits per heavy atom. The van der Waals surface area contributed by atoms with E-state index in [1.54, 1.807) is 6.20 Å². The van der Waals surface area contributed by atoms with Crippen LogP contribution in [0.25, 0.3) is 0 Å². The van der Waals surface area contributed by atoms with Crippen molar-refractivity contribution in [2.75, 3.05) is 11.9 Å². The van der Waals surface area contributed by atoms with Gasteiger partial charge in [-0.1, -0.05) is 20.8 Å². The molecule has 2 heterocycles. The number of aryl methyl sites for hydroxylation is 1. The normalized spacial score (nSPS) is 11.9. The third kappa shape index (κ3) is 3.61. The molecule has 0 amide bonds. The standard InChI is InChI=1S/C16H22N6/c1-4-13-14(8-17)16(21-20-15(13)5-2)19-9-12(3)10-22-7-6-18-11-22/h6-7,11-12H,4-5,9-10H2,1-3H3,(H,19,21). The zero-order chi connectivity index (χ0) is 15.9. The third-order valence-electron chi connectivity index (χ3n) is 3.66. The third-order valence-corrected chi connectivity index (χ3v) is 3.66. The number of rotatable bonds is 7. The van der Waals surface area contributed by atoms with Gasteiger partial charge in [-0.25, -0.2) is 4.98 Å². The van der Waals surface area contributed by atoms with E-state index in [1.807, 2.05) is 30.9 Å². The minimum absolute atomic E-state index is 0.387. The highest BCUT2D eigenvalue weighted by atomic mass is 15.2. The summed E-state index contributed by atoms with van der Waals surface area (Å²) in [6.45, 7) is 7.83. The van der Waals surface area contributed by atoms with Crippen LogP contribution >= 0.6 is 0 Å². The van der Waals surface area contributed by atoms with Crippen LogP contribution in [-0.2, 0) is 19.4 Å². The van der Waals surface area contributed by atoms with E-state index >= 15 is 0 Å². The Balaban J connectivity index is 2.08. The van der Waals surface area contributed by atoms with Crippen LogP contribution in [-0.4, -0.2) is 26.3 Å². The van der Waals surface area contributed by atoms with Gasteiger partial charge < -0.3 is 9.88 Å². The highest BCUT2D eigenvalue weighted by Crippen LogP contribution is 2.20. The van der Waals surface area contributed by atoms with Gasteiger partial charge in [0.25, 0.3) is 0 Å². The van der Waals surface area contributed by atoms with Crippen LogP contribution < -0.4 is 5.32 Å². The number of nitriles is 1. The maximum Gasteiger partial charge on any atom is 0.166 e. The first-order valence-corrected chi connectivity index (χ1v) is 7.67. The van der Waals surface area contributed by atoms with Crippen LogP contribution in [0.3, 0.4) is 0 Å². The van der Waals surface area contributed by atoms with Crippen molar-refractivity contribution in [3.05, 3.63) is 35.5 Å². The summed E-state index contributed by atoms with van der Waals surface area (Å²) >= 11 is 0. The quantitative estimate of drug-likeness (QED) is 0.849. The van der Waals surface area contributed by atoms with Crippen LogP contribution in [0, 0.1) is 17.2 Å². The number of nitrogens with one attached hydrogen (secondary N) is 1. The second-order valence-electron chi connectivity index (χ2n) is 5.41. The van der Waals surface area contributed by atoms with Crippen LogP contribution in [0.5, 0.6) is 0 Å². The molecule has 0 aromatic carbocycles. The van der Waals surface area contributed by atoms with Crippen molar-refractivity contribution in [1.82, 2.24) is 19.7 Å². The predicted molar refractivity (Wildman–Crippen MR) is 85.4 cm³/mol. The summed E-state index contributed by atoms with van der Waals surface area (Å²) in [5.41, 5.74) is 2.55. The van der Waals surface area contributed by atoms with Gasteiger partial charge in [0.2, 0.25) is 0 Å². The summed E-state index contributed by atoms with van der Waals surface area (Å²) in [4.78, 5) is 4.04. The molecule has 0 radical (unpaired) electrons. The first-order chi connectivity index (χ1) is 10.7. The fourth-order valence-corrected chi connectivity index (χ4v) is 2.51. The lowest BCUT2D eigenvalue weighted by atomic mass is 10.0. The van der Waals surface area contributed by atoms with Crippen molar-refractivity contribution in [2.24, 2.45) is 5.92 Å². The topological polar surface area (TPSA) is 79.4 Å². The van der Waals surface area contributed by atoms with E-state index in [0.29, 0.717) is 17.3 Å². The number of hydrogen-bond donors (Lipinski definition) is 1. The molecule has 22 heavy (non-hydrogen) atoms. The molecule has 116 valence electrons. The molecule has 0 saturated carbocycles. The zero-order valence-corrected chi connectivity index (χ0v) is 13.4. The maximum absolute atomic E-state index is 9.45. The lowest BCUT2D eigenvalue weighted by Crippen LogP contribution is -2.19. The van der Waals surface area contributed by atoms with Gasteiger partial charge in [-0.3, -0.25) is 0 Å². The van der Waals surface area contributed by atoms with Crippen LogP contribution in [0.15, 0.2) is 18.7 Å². The Morgan fingerprint density at radius 1 is 1.32 bits per heavy atom. The second kappa shape index (κ2) is 7.55. The molecular weight excluding hydrogens is 276 g/mol. The molecule has 0 aliphatic heterocycles. The van der Waals surface area contributed by atoms with Gasteiger partial charge in [-0.05, 0) is 24.3 Å². The Kier molecular flexibility index (Phi) is 5.48. The largest absolute Gasteiger partial charge is 0.367 e. The molecule has 2 rings (SSSR count). The summed E-state index contributed by atoms with van der Waals surface area (Å²) in [5.74, 6) is 0.979. The van der Waals surface area contributed by atoms with E-state index in [4.69, 9.17) is 0 Å². The number of anilines is 1. The van der Waals surface area contributed by atoms with Gasteiger partial charge >= 0.3 is 0 Å². The predicted octanol–water partition coefficient (Wildman–Crippen LogP) is 2.42. The molecule has 1 atom stereocenters. The summed E-state index contributed by atoms with van der Waals surface area (Å²) in [7, 11) is 0. The molecule has 0 bridgehead atoms. The molecular formula is C16H22N6. The van der Waals surface area contributed by atoms with E-state index in [0.717, 1.165) is 37.2 Å². The lowest BCUT2D eigenvalue weighted by Gasteiger charge is -2.15. The lowest BCUT2D eigenvalue weighted by molar-refractivity contribution is 0.502. The van der Waals surface area contributed by atoms with E-state index in [-0.39, 0.29) is 0 Å². The van der Waals surface area contributed by atoms with Gasteiger partial charge in [0.05, 0.1) is 12.0 Å². The number of nitrogens with zero attached hydrogens (tertiary/aromatic N) is 5. The molecule has 2 aromatic rings. The maximum atomic E-state index is 9.45. The summed E-state index contributed by atoms with van der Waals surface area (Å²) < 4.78 is 2.04. The van der Waals surface area contributed by atoms with Crippen LogP contribution in [0.4, 0.5) is 5.82 Å². The summed E-state index contributed by atoms with van der Waals surface area (Å²) in [6, 6.07) is 2.28. The second-order valence-corrected chi connectivity index (χ2v) is 5.41. The molecule has 6 heteroatoms. The average molecular weight is 298 g/mol. The molecule has 0 saturated heterocycles. The first-order valence-electron chi connectivity index (χ1n) is 7.67. The van der Waals surface area contributed by atoms with E-state index in [2.05, 4.69) is 33.5 Å². The monoisotopic (exact) mass is 298 g/mol. The minimum Gasteiger partial charge on any atom is -0.367 e. The number of imidazole rings is 1. The zero-order valence-electron chi connectivity index (χ0n) is 13.4. The molecule has 0 aliphatic rings. The fraction of sp³-hybridized carbons (Fsp3) is 0.500. The Morgan fingerprint density at radius 2 is 2.14 bits per heavy atom. The molecule has 1 N–H and O–H groups in total. The van der Waals surface area contributed by atoms with Gasteiger partial charge in [-0.2, -0.15) is 10.4 Å². The highest BCUT2D eigenvalue weighted by Gasteiger charge is 2.14. The SMILES string of the molecule is CCc1nnc(NCC(C)Cn2ccnc2)c(C#N)c1CC. The summed E-state index contributed by atoms with van der Waals surface area (Å²) in [6.07, 6.45) is 7.11. The first kappa shape index (κ1) is 16.0. The van der Waals surface area contributed by atoms with Gasteiger partial charge in [0, 0.05) is 25.5 Å². The molecule has 0 spiro atoms. The Labute approximate surface area is 131 Å². The van der Waals surface area contributed by atoms with Crippen molar-refractivity contribution >= 4 is 5.82 Å². The Bertz CT molecular complexity index is 641. The molecule has 0 aliphatic carbocycles. The van der Waals surface area contributed by atoms with Crippen molar-refractivity contribution < 1.29 is 0 Å². The minimum atomic E-state index is 0.387. The van der Waals surface area contributed by atoms with Crippen LogP contribution in [0.2, 0.25) is 0 Å². The van der Waals surface area contributed by atoms with Gasteiger partial charge in [0.1, 0.15) is 11.6 Å². The van der Waals surface area contributed by atoms with Crippen molar-refractivity contribution in [3.8, 4) is 6.07 Å². The molecule has 0 fully saturated rings. The van der Waals surface area contributed by atoms with E-state index < -0.39 is 0 Å². The van der Waals surface area contributed by atoms with Crippen LogP contribution in [0.1, 0.15) is 37.6 Å².